The van der Waals surface area contributed by atoms with Crippen molar-refractivity contribution in [2.75, 3.05) is 11.2 Å². The molecule has 0 atom stereocenters. The molecule has 1 aromatic heterocycles. The number of hydrogen-bond acceptors (Lipinski definition) is 6. The summed E-state index contributed by atoms with van der Waals surface area (Å²) in [4.78, 5) is 7.84. The maximum absolute atomic E-state index is 5.57. The number of aryl methyl sites for hydroxylation is 1. The van der Waals surface area contributed by atoms with Crippen LogP contribution in [0.2, 0.25) is 0 Å². The van der Waals surface area contributed by atoms with Crippen LogP contribution < -0.4 is 21.7 Å². The number of rotatable bonds is 4. The smallest absolute Gasteiger partial charge is 0.226 e. The van der Waals surface area contributed by atoms with Gasteiger partial charge in [0, 0.05) is 6.07 Å². The van der Waals surface area contributed by atoms with Crippen molar-refractivity contribution in [3.05, 3.63) is 35.9 Å². The molecule has 0 saturated heterocycles. The van der Waals surface area contributed by atoms with Crippen molar-refractivity contribution in [2.24, 2.45) is 5.84 Å². The summed E-state index contributed by atoms with van der Waals surface area (Å²) in [5.74, 6) is 6.81. The van der Waals surface area contributed by atoms with Crippen LogP contribution in [-0.4, -0.2) is 9.97 Å². The second kappa shape index (κ2) is 5.33. The Morgan fingerprint density at radius 1 is 1.22 bits per heavy atom. The van der Waals surface area contributed by atoms with Gasteiger partial charge in [-0.3, -0.25) is 0 Å². The van der Waals surface area contributed by atoms with Crippen LogP contribution in [0.5, 0.6) is 11.6 Å². The molecule has 1 aromatic carbocycles. The predicted molar refractivity (Wildman–Crippen MR) is 70.1 cm³/mol. The SMILES string of the molecule is CCc1ccc(Oc2cc(NN)nc(N)n2)cc1. The Hall–Kier alpha value is -2.34. The number of nitrogens with zero attached hydrogens (tertiary/aromatic N) is 2. The lowest BCUT2D eigenvalue weighted by atomic mass is 10.2. The van der Waals surface area contributed by atoms with Crippen LogP contribution in [0, 0.1) is 0 Å². The van der Waals surface area contributed by atoms with Crippen molar-refractivity contribution >= 4 is 11.8 Å². The summed E-state index contributed by atoms with van der Waals surface area (Å²) in [5.41, 5.74) is 9.18. The number of anilines is 2. The fourth-order valence-corrected chi connectivity index (χ4v) is 1.48. The van der Waals surface area contributed by atoms with Crippen molar-refractivity contribution in [1.82, 2.24) is 9.97 Å². The maximum Gasteiger partial charge on any atom is 0.226 e. The quantitative estimate of drug-likeness (QED) is 0.560. The topological polar surface area (TPSA) is 99.1 Å². The lowest BCUT2D eigenvalue weighted by Crippen LogP contribution is -2.10. The Bertz CT molecular complexity index is 526. The second-order valence-electron chi connectivity index (χ2n) is 3.69. The molecule has 5 N–H and O–H groups in total. The van der Waals surface area contributed by atoms with Gasteiger partial charge >= 0.3 is 0 Å². The van der Waals surface area contributed by atoms with E-state index in [1.54, 1.807) is 6.07 Å². The first-order chi connectivity index (χ1) is 8.71. The fraction of sp³-hybridized carbons (Fsp3) is 0.167. The number of nitrogen functional groups attached to an aromatic ring is 2. The van der Waals surface area contributed by atoms with E-state index >= 15 is 0 Å². The number of aromatic nitrogens is 2. The van der Waals surface area contributed by atoms with E-state index in [1.165, 1.54) is 5.56 Å². The van der Waals surface area contributed by atoms with Gasteiger partial charge in [0.2, 0.25) is 11.8 Å². The zero-order valence-corrected chi connectivity index (χ0v) is 10.1. The minimum absolute atomic E-state index is 0.102. The van der Waals surface area contributed by atoms with Gasteiger partial charge in [0.15, 0.2) is 0 Å². The minimum atomic E-state index is 0.102. The number of hydrazine groups is 1. The highest BCUT2D eigenvalue weighted by Crippen LogP contribution is 2.22. The third-order valence-corrected chi connectivity index (χ3v) is 2.42. The normalized spacial score (nSPS) is 10.1. The van der Waals surface area contributed by atoms with E-state index in [1.807, 2.05) is 24.3 Å². The number of benzene rings is 1. The summed E-state index contributed by atoms with van der Waals surface area (Å²) in [6.07, 6.45) is 0.988. The molecule has 0 fully saturated rings. The first kappa shape index (κ1) is 12.1. The molecule has 0 radical (unpaired) electrons. The van der Waals surface area contributed by atoms with Crippen molar-refractivity contribution in [3.63, 3.8) is 0 Å². The van der Waals surface area contributed by atoms with E-state index in [4.69, 9.17) is 16.3 Å². The molecule has 0 aliphatic rings. The Balaban J connectivity index is 2.19. The minimum Gasteiger partial charge on any atom is -0.439 e. The summed E-state index contributed by atoms with van der Waals surface area (Å²) in [5, 5.41) is 0. The van der Waals surface area contributed by atoms with Crippen molar-refractivity contribution in [1.29, 1.82) is 0 Å². The predicted octanol–water partition coefficient (Wildman–Crippen LogP) is 1.70. The van der Waals surface area contributed by atoms with E-state index in [9.17, 15) is 0 Å². The van der Waals surface area contributed by atoms with Gasteiger partial charge in [0.1, 0.15) is 11.6 Å². The largest absolute Gasteiger partial charge is 0.439 e. The molecular weight excluding hydrogens is 230 g/mol. The van der Waals surface area contributed by atoms with Crippen LogP contribution in [-0.2, 0) is 6.42 Å². The van der Waals surface area contributed by atoms with Gasteiger partial charge < -0.3 is 15.9 Å². The third kappa shape index (κ3) is 2.86. The first-order valence-electron chi connectivity index (χ1n) is 5.59. The van der Waals surface area contributed by atoms with Crippen LogP contribution in [0.25, 0.3) is 0 Å². The fourth-order valence-electron chi connectivity index (χ4n) is 1.48. The lowest BCUT2D eigenvalue weighted by Gasteiger charge is -2.07. The molecule has 2 aromatic rings. The molecule has 0 unspecified atom stereocenters. The molecule has 18 heavy (non-hydrogen) atoms. The molecule has 0 bridgehead atoms. The highest BCUT2D eigenvalue weighted by molar-refractivity contribution is 5.43. The Morgan fingerprint density at radius 3 is 2.56 bits per heavy atom. The number of nitrogens with two attached hydrogens (primary N) is 2. The average Bonchev–Trinajstić information content (AvgIpc) is 2.39. The summed E-state index contributed by atoms with van der Waals surface area (Å²) in [6, 6.07) is 9.34. The van der Waals surface area contributed by atoms with E-state index in [-0.39, 0.29) is 5.95 Å². The molecule has 0 amide bonds. The van der Waals surface area contributed by atoms with Crippen LogP contribution >= 0.6 is 0 Å². The van der Waals surface area contributed by atoms with E-state index in [2.05, 4.69) is 22.3 Å². The Labute approximate surface area is 105 Å². The third-order valence-electron chi connectivity index (χ3n) is 2.42. The van der Waals surface area contributed by atoms with Crippen LogP contribution in [0.3, 0.4) is 0 Å². The Morgan fingerprint density at radius 2 is 1.94 bits per heavy atom. The highest BCUT2D eigenvalue weighted by atomic mass is 16.5. The lowest BCUT2D eigenvalue weighted by molar-refractivity contribution is 0.463. The zero-order valence-electron chi connectivity index (χ0n) is 10.1. The van der Waals surface area contributed by atoms with E-state index in [0.29, 0.717) is 17.4 Å². The summed E-state index contributed by atoms with van der Waals surface area (Å²) in [7, 11) is 0. The summed E-state index contributed by atoms with van der Waals surface area (Å²) >= 11 is 0. The van der Waals surface area contributed by atoms with Gasteiger partial charge in [0.05, 0.1) is 0 Å². The Kier molecular flexibility index (Phi) is 3.59. The molecule has 1 heterocycles. The summed E-state index contributed by atoms with van der Waals surface area (Å²) < 4.78 is 5.57. The first-order valence-corrected chi connectivity index (χ1v) is 5.59. The van der Waals surface area contributed by atoms with Crippen molar-refractivity contribution in [3.8, 4) is 11.6 Å². The van der Waals surface area contributed by atoms with E-state index in [0.717, 1.165) is 6.42 Å². The van der Waals surface area contributed by atoms with Crippen LogP contribution in [0.15, 0.2) is 30.3 Å². The number of ether oxygens (including phenoxy) is 1. The molecule has 0 spiro atoms. The molecule has 6 heteroatoms. The standard InChI is InChI=1S/C12H15N5O/c1-2-8-3-5-9(6-4-8)18-11-7-10(17-14)15-12(13)16-11/h3-7H,2,14H2,1H3,(H3,13,15,16,17). The molecule has 0 aliphatic heterocycles. The maximum atomic E-state index is 5.57. The number of nitrogens with one attached hydrogen (secondary N) is 1. The molecule has 94 valence electrons. The van der Waals surface area contributed by atoms with Gasteiger partial charge in [0.25, 0.3) is 0 Å². The van der Waals surface area contributed by atoms with Crippen molar-refractivity contribution in [2.45, 2.75) is 13.3 Å². The molecule has 6 nitrogen and oxygen atoms in total. The average molecular weight is 245 g/mol. The van der Waals surface area contributed by atoms with Gasteiger partial charge in [-0.2, -0.15) is 9.97 Å². The second-order valence-corrected chi connectivity index (χ2v) is 3.69. The molecule has 2 rings (SSSR count). The van der Waals surface area contributed by atoms with Gasteiger partial charge in [-0.25, -0.2) is 5.84 Å². The monoisotopic (exact) mass is 245 g/mol. The van der Waals surface area contributed by atoms with Crippen LogP contribution in [0.1, 0.15) is 12.5 Å². The molecule has 0 saturated carbocycles. The molecule has 0 aliphatic carbocycles. The van der Waals surface area contributed by atoms with Gasteiger partial charge in [-0.05, 0) is 24.1 Å². The zero-order chi connectivity index (χ0) is 13.0. The summed E-state index contributed by atoms with van der Waals surface area (Å²) in [6.45, 7) is 2.10. The van der Waals surface area contributed by atoms with Gasteiger partial charge in [-0.1, -0.05) is 19.1 Å². The molecular formula is C12H15N5O. The van der Waals surface area contributed by atoms with Crippen molar-refractivity contribution < 1.29 is 4.74 Å². The van der Waals surface area contributed by atoms with E-state index < -0.39 is 0 Å². The highest BCUT2D eigenvalue weighted by Gasteiger charge is 2.03. The van der Waals surface area contributed by atoms with Gasteiger partial charge in [-0.15, -0.1) is 0 Å². The van der Waals surface area contributed by atoms with Crippen LogP contribution in [0.4, 0.5) is 11.8 Å². The number of hydrogen-bond donors (Lipinski definition) is 3.